The molecule has 2 aromatic carbocycles. The van der Waals surface area contributed by atoms with Gasteiger partial charge >= 0.3 is 5.97 Å². The molecule has 0 heterocycles. The van der Waals surface area contributed by atoms with Gasteiger partial charge in [0.2, 0.25) is 5.91 Å². The molecule has 0 aliphatic heterocycles. The Hall–Kier alpha value is -2.56. The maximum absolute atomic E-state index is 12.7. The van der Waals surface area contributed by atoms with Crippen molar-refractivity contribution in [3.05, 3.63) is 42.0 Å². The first-order chi connectivity index (χ1) is 11.9. The van der Waals surface area contributed by atoms with Crippen LogP contribution < -0.4 is 10.1 Å². The summed E-state index contributed by atoms with van der Waals surface area (Å²) in [4.78, 5) is 24.3. The van der Waals surface area contributed by atoms with Crippen molar-refractivity contribution in [1.82, 2.24) is 5.32 Å². The quantitative estimate of drug-likeness (QED) is 0.873. The highest BCUT2D eigenvalue weighted by molar-refractivity contribution is 5.92. The van der Waals surface area contributed by atoms with Crippen molar-refractivity contribution >= 4 is 22.6 Å². The van der Waals surface area contributed by atoms with Crippen LogP contribution in [-0.2, 0) is 9.59 Å². The van der Waals surface area contributed by atoms with Crippen LogP contribution in [0.4, 0.5) is 0 Å². The van der Waals surface area contributed by atoms with Gasteiger partial charge < -0.3 is 15.2 Å². The molecule has 132 valence electrons. The third-order valence-corrected chi connectivity index (χ3v) is 5.19. The number of carboxylic acids is 1. The largest absolute Gasteiger partial charge is 0.497 e. The number of amides is 1. The number of hydrogen-bond acceptors (Lipinski definition) is 3. The number of ether oxygens (including phenoxy) is 1. The second kappa shape index (κ2) is 6.75. The number of fused-ring (bicyclic) bond motifs is 1. The fraction of sp³-hybridized carbons (Fsp3) is 0.400. The van der Waals surface area contributed by atoms with E-state index in [2.05, 4.69) is 5.32 Å². The zero-order valence-electron chi connectivity index (χ0n) is 14.5. The second-order valence-corrected chi connectivity index (χ2v) is 6.78. The van der Waals surface area contributed by atoms with Crippen LogP contribution in [0.25, 0.3) is 10.8 Å². The summed E-state index contributed by atoms with van der Waals surface area (Å²) in [5.74, 6) is -0.799. The lowest BCUT2D eigenvalue weighted by molar-refractivity contribution is -0.147. The minimum absolute atomic E-state index is 0.239. The van der Waals surface area contributed by atoms with Gasteiger partial charge in [-0.2, -0.15) is 0 Å². The summed E-state index contributed by atoms with van der Waals surface area (Å²) in [5.41, 5.74) is -0.232. The van der Waals surface area contributed by atoms with Gasteiger partial charge in [-0.15, -0.1) is 0 Å². The number of hydrogen-bond donors (Lipinski definition) is 2. The van der Waals surface area contributed by atoms with E-state index in [-0.39, 0.29) is 5.91 Å². The fourth-order valence-electron chi connectivity index (χ4n) is 3.50. The molecule has 0 radical (unpaired) electrons. The molecule has 25 heavy (non-hydrogen) atoms. The van der Waals surface area contributed by atoms with Crippen LogP contribution in [0.3, 0.4) is 0 Å². The molecule has 1 saturated carbocycles. The van der Waals surface area contributed by atoms with Crippen LogP contribution in [0.1, 0.15) is 44.1 Å². The lowest BCUT2D eigenvalue weighted by Crippen LogP contribution is -2.53. The van der Waals surface area contributed by atoms with Crippen molar-refractivity contribution in [1.29, 1.82) is 0 Å². The van der Waals surface area contributed by atoms with Crippen LogP contribution in [0.15, 0.2) is 36.4 Å². The highest BCUT2D eigenvalue weighted by atomic mass is 16.5. The Balaban J connectivity index is 1.82. The van der Waals surface area contributed by atoms with Gasteiger partial charge in [0.1, 0.15) is 11.3 Å². The highest BCUT2D eigenvalue weighted by Crippen LogP contribution is 2.31. The first-order valence-electron chi connectivity index (χ1n) is 8.58. The zero-order chi connectivity index (χ0) is 18.0. The van der Waals surface area contributed by atoms with Crippen LogP contribution in [0.5, 0.6) is 5.75 Å². The van der Waals surface area contributed by atoms with Gasteiger partial charge in [-0.1, -0.05) is 37.1 Å². The summed E-state index contributed by atoms with van der Waals surface area (Å²) in [6.45, 7) is 1.81. The second-order valence-electron chi connectivity index (χ2n) is 6.78. The summed E-state index contributed by atoms with van der Waals surface area (Å²) in [7, 11) is 1.63. The first-order valence-corrected chi connectivity index (χ1v) is 8.58. The predicted octanol–water partition coefficient (Wildman–Crippen LogP) is 3.47. The van der Waals surface area contributed by atoms with Crippen LogP contribution in [0.2, 0.25) is 0 Å². The monoisotopic (exact) mass is 341 g/mol. The van der Waals surface area contributed by atoms with E-state index in [1.165, 1.54) is 0 Å². The average molecular weight is 341 g/mol. The molecule has 1 unspecified atom stereocenters. The van der Waals surface area contributed by atoms with Gasteiger partial charge in [-0.25, -0.2) is 4.79 Å². The lowest BCUT2D eigenvalue weighted by atomic mass is 9.93. The molecule has 1 aliphatic rings. The molecule has 0 saturated heterocycles. The minimum atomic E-state index is -1.10. The van der Waals surface area contributed by atoms with Crippen molar-refractivity contribution in [3.8, 4) is 5.75 Å². The SMILES string of the molecule is COc1ccc2cc(C(C)C(=O)NC3(C(=O)O)CCCC3)ccc2c1. The van der Waals surface area contributed by atoms with E-state index in [0.29, 0.717) is 12.8 Å². The number of carboxylic acid groups (broad SMARTS) is 1. The van der Waals surface area contributed by atoms with Gasteiger partial charge in [0, 0.05) is 0 Å². The number of nitrogens with one attached hydrogen (secondary N) is 1. The number of methoxy groups -OCH3 is 1. The Kier molecular flexibility index (Phi) is 4.66. The average Bonchev–Trinajstić information content (AvgIpc) is 3.10. The first kappa shape index (κ1) is 17.3. The summed E-state index contributed by atoms with van der Waals surface area (Å²) in [6.07, 6.45) is 2.66. The maximum atomic E-state index is 12.7. The fourth-order valence-corrected chi connectivity index (χ4v) is 3.50. The Labute approximate surface area is 147 Å². The molecular weight excluding hydrogens is 318 g/mol. The van der Waals surface area contributed by atoms with E-state index in [0.717, 1.165) is 34.9 Å². The predicted molar refractivity (Wildman–Crippen MR) is 95.9 cm³/mol. The van der Waals surface area contributed by atoms with Crippen LogP contribution >= 0.6 is 0 Å². The number of carbonyl (C=O) groups excluding carboxylic acids is 1. The molecule has 5 heteroatoms. The Morgan fingerprint density at radius 2 is 1.76 bits per heavy atom. The molecule has 1 amide bonds. The summed E-state index contributed by atoms with van der Waals surface area (Å²) < 4.78 is 5.23. The van der Waals surface area contributed by atoms with E-state index < -0.39 is 17.4 Å². The smallest absolute Gasteiger partial charge is 0.329 e. The van der Waals surface area contributed by atoms with Crippen LogP contribution in [0, 0.1) is 0 Å². The number of benzene rings is 2. The summed E-state index contributed by atoms with van der Waals surface area (Å²) in [5, 5.41) is 14.4. The Morgan fingerprint density at radius 3 is 2.40 bits per heavy atom. The van der Waals surface area contributed by atoms with Crippen molar-refractivity contribution in [3.63, 3.8) is 0 Å². The molecule has 2 aromatic rings. The van der Waals surface area contributed by atoms with Crippen LogP contribution in [-0.4, -0.2) is 29.6 Å². The third-order valence-electron chi connectivity index (χ3n) is 5.19. The molecule has 0 bridgehead atoms. The maximum Gasteiger partial charge on any atom is 0.329 e. The normalized spacial score (nSPS) is 17.2. The molecule has 5 nitrogen and oxygen atoms in total. The van der Waals surface area contributed by atoms with E-state index in [1.54, 1.807) is 7.11 Å². The number of carbonyl (C=O) groups is 2. The highest BCUT2D eigenvalue weighted by Gasteiger charge is 2.43. The van der Waals surface area contributed by atoms with E-state index in [1.807, 2.05) is 43.3 Å². The molecule has 1 atom stereocenters. The van der Waals surface area contributed by atoms with Gasteiger partial charge in [0.15, 0.2) is 0 Å². The summed E-state index contributed by atoms with van der Waals surface area (Å²) >= 11 is 0. The Morgan fingerprint density at radius 1 is 1.12 bits per heavy atom. The van der Waals surface area contributed by atoms with Gasteiger partial charge in [0.05, 0.1) is 13.0 Å². The molecule has 0 aromatic heterocycles. The molecule has 1 fully saturated rings. The van der Waals surface area contributed by atoms with Crippen molar-refractivity contribution in [2.24, 2.45) is 0 Å². The van der Waals surface area contributed by atoms with Crippen molar-refractivity contribution in [2.45, 2.75) is 44.1 Å². The van der Waals surface area contributed by atoms with Gasteiger partial charge in [-0.05, 0) is 48.2 Å². The van der Waals surface area contributed by atoms with Gasteiger partial charge in [-0.3, -0.25) is 4.79 Å². The standard InChI is InChI=1S/C20H23NO4/c1-13(18(22)21-20(19(23)24)9-3-4-10-20)14-5-6-16-12-17(25-2)8-7-15(16)11-14/h5-8,11-13H,3-4,9-10H2,1-2H3,(H,21,22)(H,23,24). The molecule has 1 aliphatic carbocycles. The molecular formula is C20H23NO4. The lowest BCUT2D eigenvalue weighted by Gasteiger charge is -2.27. The number of aliphatic carboxylic acids is 1. The van der Waals surface area contributed by atoms with E-state index >= 15 is 0 Å². The number of rotatable bonds is 5. The third kappa shape index (κ3) is 3.31. The summed E-state index contributed by atoms with van der Waals surface area (Å²) in [6, 6.07) is 11.6. The molecule has 0 spiro atoms. The van der Waals surface area contributed by atoms with E-state index in [9.17, 15) is 14.7 Å². The molecule has 2 N–H and O–H groups in total. The Bertz CT molecular complexity index is 808. The van der Waals surface area contributed by atoms with E-state index in [4.69, 9.17) is 4.74 Å². The minimum Gasteiger partial charge on any atom is -0.497 e. The van der Waals surface area contributed by atoms with Crippen molar-refractivity contribution in [2.75, 3.05) is 7.11 Å². The van der Waals surface area contributed by atoms with Crippen molar-refractivity contribution < 1.29 is 19.4 Å². The van der Waals surface area contributed by atoms with Gasteiger partial charge in [0.25, 0.3) is 0 Å². The topological polar surface area (TPSA) is 75.6 Å². The molecule has 3 rings (SSSR count). The zero-order valence-corrected chi connectivity index (χ0v) is 14.5.